The van der Waals surface area contributed by atoms with Crippen LogP contribution >= 0.6 is 0 Å². The third kappa shape index (κ3) is 5.11. The number of hydrogen-bond donors (Lipinski definition) is 2. The number of hydrogen-bond acceptors (Lipinski definition) is 4. The third-order valence-electron chi connectivity index (χ3n) is 3.93. The molecule has 0 fully saturated rings. The predicted octanol–water partition coefficient (Wildman–Crippen LogP) is 4.23. The van der Waals surface area contributed by atoms with Gasteiger partial charge in [0, 0.05) is 11.3 Å². The predicted molar refractivity (Wildman–Crippen MR) is 111 cm³/mol. The molecule has 0 saturated heterocycles. The van der Waals surface area contributed by atoms with Gasteiger partial charge in [0.25, 0.3) is 5.91 Å². The molecule has 0 aliphatic rings. The number of nitrogens with zero attached hydrogens (tertiary/aromatic N) is 1. The van der Waals surface area contributed by atoms with E-state index in [4.69, 9.17) is 9.47 Å². The average molecular weight is 375 g/mol. The van der Waals surface area contributed by atoms with Crippen molar-refractivity contribution in [3.05, 3.63) is 84.4 Å². The van der Waals surface area contributed by atoms with Gasteiger partial charge < -0.3 is 14.8 Å². The van der Waals surface area contributed by atoms with E-state index in [-0.39, 0.29) is 5.91 Å². The maximum absolute atomic E-state index is 12.6. The van der Waals surface area contributed by atoms with Crippen molar-refractivity contribution in [2.24, 2.45) is 4.99 Å². The highest BCUT2D eigenvalue weighted by atomic mass is 16.5. The maximum atomic E-state index is 12.6. The van der Waals surface area contributed by atoms with Crippen molar-refractivity contribution in [2.75, 3.05) is 19.5 Å². The molecule has 6 nitrogen and oxygen atoms in total. The van der Waals surface area contributed by atoms with Crippen molar-refractivity contribution in [3.8, 4) is 11.5 Å². The summed E-state index contributed by atoms with van der Waals surface area (Å²) in [6, 6.07) is 23.5. The summed E-state index contributed by atoms with van der Waals surface area (Å²) in [7, 11) is 3.22. The summed E-state index contributed by atoms with van der Waals surface area (Å²) >= 11 is 0. The molecule has 0 heterocycles. The van der Waals surface area contributed by atoms with Crippen molar-refractivity contribution < 1.29 is 14.3 Å². The van der Waals surface area contributed by atoms with Gasteiger partial charge in [-0.05, 0) is 60.7 Å². The summed E-state index contributed by atoms with van der Waals surface area (Å²) in [5, 5.41) is 5.96. The van der Waals surface area contributed by atoms with Crippen LogP contribution in [0.15, 0.2) is 83.9 Å². The number of guanidine groups is 1. The van der Waals surface area contributed by atoms with Crippen molar-refractivity contribution in [1.29, 1.82) is 0 Å². The van der Waals surface area contributed by atoms with Gasteiger partial charge in [-0.1, -0.05) is 18.2 Å². The van der Waals surface area contributed by atoms with E-state index in [9.17, 15) is 4.79 Å². The second kappa shape index (κ2) is 9.23. The molecule has 0 aliphatic heterocycles. The van der Waals surface area contributed by atoms with Crippen LogP contribution in [0.4, 0.5) is 11.4 Å². The van der Waals surface area contributed by atoms with Crippen LogP contribution in [-0.2, 0) is 0 Å². The second-order valence-corrected chi connectivity index (χ2v) is 5.83. The first-order chi connectivity index (χ1) is 13.7. The Balaban J connectivity index is 1.85. The Morgan fingerprint density at radius 3 is 1.93 bits per heavy atom. The van der Waals surface area contributed by atoms with Crippen LogP contribution in [0, 0.1) is 0 Å². The molecule has 2 N–H and O–H groups in total. The monoisotopic (exact) mass is 375 g/mol. The van der Waals surface area contributed by atoms with Gasteiger partial charge in [0.1, 0.15) is 11.5 Å². The molecule has 0 bridgehead atoms. The minimum Gasteiger partial charge on any atom is -0.497 e. The number of ether oxygens (including phenoxy) is 2. The smallest absolute Gasteiger partial charge is 0.257 e. The van der Waals surface area contributed by atoms with E-state index in [0.717, 1.165) is 17.2 Å². The molecule has 0 unspecified atom stereocenters. The van der Waals surface area contributed by atoms with Crippen LogP contribution in [0.5, 0.6) is 11.5 Å². The Hall–Kier alpha value is -3.80. The number of carbonyl (C=O) groups excluding carboxylic acids is 1. The van der Waals surface area contributed by atoms with Crippen molar-refractivity contribution >= 4 is 23.2 Å². The number of aliphatic imine (C=N–C) groups is 1. The van der Waals surface area contributed by atoms with Crippen molar-refractivity contribution in [3.63, 3.8) is 0 Å². The van der Waals surface area contributed by atoms with Crippen LogP contribution in [0.25, 0.3) is 0 Å². The number of nitrogens with one attached hydrogen (secondary N) is 2. The molecule has 0 radical (unpaired) electrons. The lowest BCUT2D eigenvalue weighted by atomic mass is 10.2. The number of benzene rings is 3. The highest BCUT2D eigenvalue weighted by Gasteiger charge is 2.09. The van der Waals surface area contributed by atoms with Gasteiger partial charge in [-0.15, -0.1) is 0 Å². The fourth-order valence-electron chi connectivity index (χ4n) is 2.45. The molecule has 3 aromatic carbocycles. The summed E-state index contributed by atoms with van der Waals surface area (Å²) in [6.45, 7) is 0. The van der Waals surface area contributed by atoms with Crippen molar-refractivity contribution in [1.82, 2.24) is 5.32 Å². The van der Waals surface area contributed by atoms with E-state index in [0.29, 0.717) is 17.2 Å². The molecule has 0 aliphatic carbocycles. The number of methoxy groups -OCH3 is 2. The SMILES string of the molecule is COc1ccc(N=C(NC(=O)c2ccccc2)Nc2ccc(OC)cc2)cc1. The number of amides is 1. The van der Waals surface area contributed by atoms with Gasteiger partial charge in [0.2, 0.25) is 5.96 Å². The van der Waals surface area contributed by atoms with E-state index < -0.39 is 0 Å². The van der Waals surface area contributed by atoms with E-state index >= 15 is 0 Å². The first-order valence-corrected chi connectivity index (χ1v) is 8.68. The third-order valence-corrected chi connectivity index (χ3v) is 3.93. The van der Waals surface area contributed by atoms with E-state index in [1.54, 1.807) is 26.4 Å². The van der Waals surface area contributed by atoms with Gasteiger partial charge in [0.05, 0.1) is 19.9 Å². The molecule has 3 rings (SSSR count). The largest absolute Gasteiger partial charge is 0.497 e. The molecule has 0 saturated carbocycles. The summed E-state index contributed by atoms with van der Waals surface area (Å²) < 4.78 is 10.3. The zero-order valence-corrected chi connectivity index (χ0v) is 15.7. The van der Waals surface area contributed by atoms with Crippen LogP contribution < -0.4 is 20.1 Å². The van der Waals surface area contributed by atoms with E-state index in [1.165, 1.54) is 0 Å². The normalized spacial score (nSPS) is 10.9. The molecule has 3 aromatic rings. The molecule has 0 atom stereocenters. The molecule has 1 amide bonds. The Morgan fingerprint density at radius 2 is 1.36 bits per heavy atom. The van der Waals surface area contributed by atoms with Gasteiger partial charge in [0.15, 0.2) is 0 Å². The molecule has 28 heavy (non-hydrogen) atoms. The van der Waals surface area contributed by atoms with E-state index in [1.807, 2.05) is 66.7 Å². The Morgan fingerprint density at radius 1 is 0.786 bits per heavy atom. The van der Waals surface area contributed by atoms with Gasteiger partial charge in [-0.25, -0.2) is 4.99 Å². The lowest BCUT2D eigenvalue weighted by molar-refractivity contribution is 0.0977. The van der Waals surface area contributed by atoms with E-state index in [2.05, 4.69) is 15.6 Å². The fraction of sp³-hybridized carbons (Fsp3) is 0.0909. The van der Waals surface area contributed by atoms with Gasteiger partial charge in [-0.3, -0.25) is 10.1 Å². The zero-order valence-electron chi connectivity index (χ0n) is 15.7. The highest BCUT2D eigenvalue weighted by molar-refractivity contribution is 6.10. The maximum Gasteiger partial charge on any atom is 0.257 e. The second-order valence-electron chi connectivity index (χ2n) is 5.83. The summed E-state index contributed by atoms with van der Waals surface area (Å²) in [6.07, 6.45) is 0. The standard InChI is InChI=1S/C22H21N3O3/c1-27-19-12-8-17(9-13-19)23-22(24-18-10-14-20(28-2)15-11-18)25-21(26)16-6-4-3-5-7-16/h3-15H,1-2H3,(H2,23,24,25,26). The molecular formula is C22H21N3O3. The van der Waals surface area contributed by atoms with Crippen LogP contribution in [0.1, 0.15) is 10.4 Å². The summed E-state index contributed by atoms with van der Waals surface area (Å²) in [5.74, 6) is 1.53. The Bertz CT molecular complexity index is 937. The lowest BCUT2D eigenvalue weighted by Gasteiger charge is -2.12. The molecule has 0 aromatic heterocycles. The first-order valence-electron chi connectivity index (χ1n) is 8.68. The highest BCUT2D eigenvalue weighted by Crippen LogP contribution is 2.19. The molecule has 0 spiro atoms. The zero-order chi connectivity index (χ0) is 19.8. The molecular weight excluding hydrogens is 354 g/mol. The molecule has 6 heteroatoms. The van der Waals surface area contributed by atoms with Crippen molar-refractivity contribution in [2.45, 2.75) is 0 Å². The summed E-state index contributed by atoms with van der Waals surface area (Å²) in [4.78, 5) is 17.1. The number of anilines is 1. The van der Waals surface area contributed by atoms with Crippen LogP contribution in [0.2, 0.25) is 0 Å². The quantitative estimate of drug-likeness (QED) is 0.517. The number of carbonyl (C=O) groups is 1. The topological polar surface area (TPSA) is 72.0 Å². The minimum atomic E-state index is -0.256. The van der Waals surface area contributed by atoms with Crippen LogP contribution in [0.3, 0.4) is 0 Å². The number of rotatable bonds is 5. The van der Waals surface area contributed by atoms with Gasteiger partial charge in [-0.2, -0.15) is 0 Å². The van der Waals surface area contributed by atoms with Crippen LogP contribution in [-0.4, -0.2) is 26.1 Å². The fourth-order valence-corrected chi connectivity index (χ4v) is 2.45. The lowest BCUT2D eigenvalue weighted by Crippen LogP contribution is -2.35. The minimum absolute atomic E-state index is 0.256. The van der Waals surface area contributed by atoms with Gasteiger partial charge >= 0.3 is 0 Å². The first kappa shape index (κ1) is 19.0. The Kier molecular flexibility index (Phi) is 6.25. The summed E-state index contributed by atoms with van der Waals surface area (Å²) in [5.41, 5.74) is 1.98. The molecule has 142 valence electrons. The Labute approximate surface area is 163 Å². The average Bonchev–Trinajstić information content (AvgIpc) is 2.75.